The van der Waals surface area contributed by atoms with Gasteiger partial charge in [-0.15, -0.1) is 11.8 Å². The van der Waals surface area contributed by atoms with Crippen molar-refractivity contribution >= 4 is 27.6 Å². The fraction of sp³-hybridized carbons (Fsp3) is 0.731. The molecule has 8 nitrogen and oxygen atoms in total. The van der Waals surface area contributed by atoms with Crippen LogP contribution in [0.1, 0.15) is 81.5 Å². The monoisotopic (exact) mass is 536 g/mol. The van der Waals surface area contributed by atoms with E-state index in [2.05, 4.69) is 22.7 Å². The molecule has 3 saturated heterocycles. The van der Waals surface area contributed by atoms with Crippen molar-refractivity contribution in [3.63, 3.8) is 0 Å². The van der Waals surface area contributed by atoms with Crippen LogP contribution in [0, 0.1) is 0 Å². The molecule has 0 radical (unpaired) electrons. The first-order valence-electron chi connectivity index (χ1n) is 13.6. The summed E-state index contributed by atoms with van der Waals surface area (Å²) >= 11 is 1.56. The lowest BCUT2D eigenvalue weighted by Gasteiger charge is -2.33. The molecule has 36 heavy (non-hydrogen) atoms. The van der Waals surface area contributed by atoms with Crippen molar-refractivity contribution in [1.82, 2.24) is 20.1 Å². The van der Waals surface area contributed by atoms with Gasteiger partial charge < -0.3 is 4.74 Å². The maximum Gasteiger partial charge on any atom is 0.243 e. The Morgan fingerprint density at radius 1 is 1.03 bits per heavy atom. The maximum absolute atomic E-state index is 12.9. The third kappa shape index (κ3) is 5.55. The summed E-state index contributed by atoms with van der Waals surface area (Å²) in [4.78, 5) is 15.5. The first-order chi connectivity index (χ1) is 17.4. The molecular weight excluding hydrogens is 496 g/mol. The summed E-state index contributed by atoms with van der Waals surface area (Å²) in [6.07, 6.45) is 11.8. The summed E-state index contributed by atoms with van der Waals surface area (Å²) in [6, 6.07) is 6.42. The summed E-state index contributed by atoms with van der Waals surface area (Å²) in [6.45, 7) is 4.15. The van der Waals surface area contributed by atoms with Gasteiger partial charge in [0.1, 0.15) is 11.7 Å². The number of nitrogens with one attached hydrogen (secondary N) is 2. The first-order valence-corrected chi connectivity index (χ1v) is 16.1. The molecule has 1 aromatic rings. The number of hydrazine groups is 1. The molecule has 3 atom stereocenters. The number of Topliss-reactive ketones (excluding diaryl/α,β-unsaturated/α-hetero) is 1. The summed E-state index contributed by atoms with van der Waals surface area (Å²) in [5.41, 5.74) is 7.42. The van der Waals surface area contributed by atoms with Crippen molar-refractivity contribution in [2.75, 3.05) is 25.4 Å². The largest absolute Gasteiger partial charge is 0.369 e. The third-order valence-electron chi connectivity index (χ3n) is 8.28. The zero-order chi connectivity index (χ0) is 25.2. The van der Waals surface area contributed by atoms with Crippen LogP contribution in [0.4, 0.5) is 0 Å². The second-order valence-corrected chi connectivity index (χ2v) is 13.6. The number of thioether (sulfide) groups is 1. The normalized spacial score (nSPS) is 29.6. The predicted molar refractivity (Wildman–Crippen MR) is 142 cm³/mol. The molecule has 4 fully saturated rings. The van der Waals surface area contributed by atoms with E-state index in [1.54, 1.807) is 36.0 Å². The second kappa shape index (κ2) is 11.4. The Balaban J connectivity index is 1.15. The van der Waals surface area contributed by atoms with Crippen LogP contribution < -0.4 is 10.9 Å². The smallest absolute Gasteiger partial charge is 0.243 e. The molecule has 4 aliphatic rings. The van der Waals surface area contributed by atoms with Gasteiger partial charge in [-0.2, -0.15) is 4.31 Å². The van der Waals surface area contributed by atoms with E-state index >= 15 is 0 Å². The lowest BCUT2D eigenvalue weighted by Crippen LogP contribution is -2.47. The van der Waals surface area contributed by atoms with Crippen molar-refractivity contribution in [3.8, 4) is 0 Å². The number of carbonyl (C=O) groups excluding carboxylic acids is 1. The van der Waals surface area contributed by atoms with Crippen LogP contribution in [-0.4, -0.2) is 72.2 Å². The Bertz CT molecular complexity index is 1010. The van der Waals surface area contributed by atoms with E-state index in [-0.39, 0.29) is 34.0 Å². The summed E-state index contributed by atoms with van der Waals surface area (Å²) in [5, 5.41) is 0. The number of likely N-dealkylation sites (N-methyl/N-ethyl adjacent to an activating group) is 1. The van der Waals surface area contributed by atoms with Gasteiger partial charge in [-0.25, -0.2) is 19.3 Å². The number of ether oxygens (including phenoxy) is 1. The molecule has 0 bridgehead atoms. The highest BCUT2D eigenvalue weighted by molar-refractivity contribution is 8.00. The topological polar surface area (TPSA) is 91.0 Å². The molecule has 0 aromatic heterocycles. The fourth-order valence-corrected chi connectivity index (χ4v) is 8.83. The molecular formula is C26H40N4O4S2. The van der Waals surface area contributed by atoms with Crippen LogP contribution in [0.25, 0.3) is 0 Å². The van der Waals surface area contributed by atoms with Gasteiger partial charge in [0.05, 0.1) is 22.4 Å². The molecule has 1 saturated carbocycles. The molecule has 2 N–H and O–H groups in total. The number of hydrogen-bond acceptors (Lipinski definition) is 8. The minimum Gasteiger partial charge on any atom is -0.369 e. The number of ketones is 1. The SMILES string of the molecule is CCN1C(SCC(=O)c2ccc(S(=O)(=O)N3CCCC3)cc2)NNC1C1CCC2(CCCCCC2)O1. The van der Waals surface area contributed by atoms with Gasteiger partial charge in [0, 0.05) is 18.7 Å². The quantitative estimate of drug-likeness (QED) is 0.486. The van der Waals surface area contributed by atoms with Gasteiger partial charge in [0.25, 0.3) is 0 Å². The molecule has 3 heterocycles. The molecule has 5 rings (SSSR count). The van der Waals surface area contributed by atoms with Crippen LogP contribution in [0.2, 0.25) is 0 Å². The molecule has 3 aliphatic heterocycles. The average Bonchev–Trinajstić information content (AvgIpc) is 3.62. The zero-order valence-electron chi connectivity index (χ0n) is 21.3. The Labute approximate surface area is 219 Å². The fourth-order valence-electron chi connectivity index (χ4n) is 6.21. The molecule has 3 unspecified atom stereocenters. The van der Waals surface area contributed by atoms with Crippen LogP contribution in [0.3, 0.4) is 0 Å². The molecule has 0 amide bonds. The summed E-state index contributed by atoms with van der Waals surface area (Å²) in [7, 11) is -3.46. The number of carbonyl (C=O) groups is 1. The lowest BCUT2D eigenvalue weighted by atomic mass is 9.91. The van der Waals surface area contributed by atoms with Gasteiger partial charge in [0.2, 0.25) is 10.0 Å². The molecule has 200 valence electrons. The molecule has 1 aromatic carbocycles. The number of rotatable bonds is 8. The standard InChI is InChI=1S/C26H40N4O4S2/c1-2-30-24(23-13-16-26(34-23)14-5-3-4-6-15-26)27-28-25(30)35-19-22(31)20-9-11-21(12-10-20)36(32,33)29-17-7-8-18-29/h9-12,23-25,27-28H,2-8,13-19H2,1H3. The molecule has 10 heteroatoms. The van der Waals surface area contributed by atoms with Crippen LogP contribution in [0.5, 0.6) is 0 Å². The summed E-state index contributed by atoms with van der Waals surface area (Å²) in [5.74, 6) is 0.317. The van der Waals surface area contributed by atoms with Crippen molar-refractivity contribution in [3.05, 3.63) is 29.8 Å². The molecule has 1 aliphatic carbocycles. The Hall–Kier alpha value is -1.01. The van der Waals surface area contributed by atoms with Crippen molar-refractivity contribution in [2.45, 2.75) is 99.4 Å². The van der Waals surface area contributed by atoms with Crippen LogP contribution in [-0.2, 0) is 14.8 Å². The highest BCUT2D eigenvalue weighted by atomic mass is 32.2. The highest BCUT2D eigenvalue weighted by Gasteiger charge is 2.47. The third-order valence-corrected chi connectivity index (χ3v) is 11.3. The van der Waals surface area contributed by atoms with Gasteiger partial charge in [-0.05, 0) is 57.2 Å². The number of benzene rings is 1. The maximum atomic E-state index is 12.9. The highest BCUT2D eigenvalue weighted by Crippen LogP contribution is 2.43. The van der Waals surface area contributed by atoms with E-state index in [0.29, 0.717) is 24.4 Å². The van der Waals surface area contributed by atoms with E-state index in [1.807, 2.05) is 0 Å². The lowest BCUT2D eigenvalue weighted by molar-refractivity contribution is -0.0789. The molecule has 1 spiro atoms. The number of sulfonamides is 1. The average molecular weight is 537 g/mol. The van der Waals surface area contributed by atoms with E-state index in [1.165, 1.54) is 42.8 Å². The van der Waals surface area contributed by atoms with Crippen LogP contribution >= 0.6 is 11.8 Å². The Kier molecular flexibility index (Phi) is 8.41. The minimum atomic E-state index is -3.46. The minimum absolute atomic E-state index is 0.000878. The second-order valence-electron chi connectivity index (χ2n) is 10.6. The first kappa shape index (κ1) is 26.6. The van der Waals surface area contributed by atoms with E-state index in [9.17, 15) is 13.2 Å². The van der Waals surface area contributed by atoms with Gasteiger partial charge in [0.15, 0.2) is 5.78 Å². The van der Waals surface area contributed by atoms with Crippen molar-refractivity contribution in [1.29, 1.82) is 0 Å². The predicted octanol–water partition coefficient (Wildman–Crippen LogP) is 3.70. The number of nitrogens with zero attached hydrogens (tertiary/aromatic N) is 2. The van der Waals surface area contributed by atoms with Crippen molar-refractivity contribution < 1.29 is 17.9 Å². The summed E-state index contributed by atoms with van der Waals surface area (Å²) < 4.78 is 33.8. The number of hydrogen-bond donors (Lipinski definition) is 2. The zero-order valence-corrected chi connectivity index (χ0v) is 22.9. The van der Waals surface area contributed by atoms with Crippen molar-refractivity contribution in [2.24, 2.45) is 0 Å². The van der Waals surface area contributed by atoms with Gasteiger partial charge in [-0.3, -0.25) is 9.69 Å². The van der Waals surface area contributed by atoms with Gasteiger partial charge >= 0.3 is 0 Å². The van der Waals surface area contributed by atoms with Gasteiger partial charge in [-0.1, -0.05) is 44.7 Å². The Morgan fingerprint density at radius 2 is 1.72 bits per heavy atom. The van der Waals surface area contributed by atoms with Crippen LogP contribution in [0.15, 0.2) is 29.2 Å². The Morgan fingerprint density at radius 3 is 2.39 bits per heavy atom. The van der Waals surface area contributed by atoms with E-state index < -0.39 is 10.0 Å². The van der Waals surface area contributed by atoms with E-state index in [4.69, 9.17) is 4.74 Å². The van der Waals surface area contributed by atoms with E-state index in [0.717, 1.165) is 32.2 Å².